The smallest absolute Gasteiger partial charge is 0.227 e. The first kappa shape index (κ1) is 22.1. The van der Waals surface area contributed by atoms with E-state index in [1.165, 1.54) is 0 Å². The minimum atomic E-state index is 0.473. The Kier molecular flexibility index (Phi) is 6.91. The van der Waals surface area contributed by atoms with Gasteiger partial charge in [0, 0.05) is 43.6 Å². The zero-order chi connectivity index (χ0) is 22.5. The molecule has 2 heterocycles. The molecule has 10 heteroatoms. The number of rotatable bonds is 11. The van der Waals surface area contributed by atoms with Gasteiger partial charge in [0.2, 0.25) is 11.7 Å². The van der Waals surface area contributed by atoms with Crippen LogP contribution < -0.4 is 24.8 Å². The van der Waals surface area contributed by atoms with Crippen LogP contribution in [0.25, 0.3) is 10.6 Å². The third-order valence-electron chi connectivity index (χ3n) is 5.01. The second-order valence-electron chi connectivity index (χ2n) is 7.23. The molecule has 32 heavy (non-hydrogen) atoms. The Balaban J connectivity index is 1.61. The number of hydrogen-bond acceptors (Lipinski definition) is 10. The molecule has 1 fully saturated rings. The van der Waals surface area contributed by atoms with E-state index in [1.54, 1.807) is 46.0 Å². The van der Waals surface area contributed by atoms with Gasteiger partial charge in [0.15, 0.2) is 16.6 Å². The lowest BCUT2D eigenvalue weighted by atomic mass is 10.2. The third-order valence-corrected chi connectivity index (χ3v) is 6.06. The Morgan fingerprint density at radius 3 is 2.41 bits per heavy atom. The highest BCUT2D eigenvalue weighted by Crippen LogP contribution is 2.47. The number of aromatic nitrogens is 3. The highest BCUT2D eigenvalue weighted by atomic mass is 32.1. The van der Waals surface area contributed by atoms with E-state index in [9.17, 15) is 0 Å². The summed E-state index contributed by atoms with van der Waals surface area (Å²) in [6.07, 6.45) is 4.07. The van der Waals surface area contributed by atoms with Gasteiger partial charge in [-0.15, -0.1) is 0 Å². The maximum absolute atomic E-state index is 5.43. The first-order valence-electron chi connectivity index (χ1n) is 10.3. The first-order valence-corrected chi connectivity index (χ1v) is 11.1. The fourth-order valence-corrected chi connectivity index (χ4v) is 4.36. The minimum absolute atomic E-state index is 0.473. The van der Waals surface area contributed by atoms with Crippen molar-refractivity contribution in [2.24, 2.45) is 0 Å². The number of thiazole rings is 1. The second kappa shape index (κ2) is 10.0. The zero-order valence-electron chi connectivity index (χ0n) is 18.6. The first-order chi connectivity index (χ1) is 15.7. The van der Waals surface area contributed by atoms with Crippen molar-refractivity contribution < 1.29 is 18.9 Å². The van der Waals surface area contributed by atoms with Gasteiger partial charge in [0.25, 0.3) is 0 Å². The van der Waals surface area contributed by atoms with Crippen molar-refractivity contribution in [1.82, 2.24) is 15.0 Å². The summed E-state index contributed by atoms with van der Waals surface area (Å²) in [7, 11) is 6.43. The molecule has 0 unspecified atom stereocenters. The van der Waals surface area contributed by atoms with E-state index in [4.69, 9.17) is 28.9 Å². The van der Waals surface area contributed by atoms with Crippen LogP contribution in [-0.4, -0.2) is 56.5 Å². The van der Waals surface area contributed by atoms with Crippen LogP contribution in [0.1, 0.15) is 24.5 Å². The van der Waals surface area contributed by atoms with E-state index < -0.39 is 0 Å². The van der Waals surface area contributed by atoms with E-state index in [0.29, 0.717) is 42.3 Å². The number of benzene rings is 1. The monoisotopic (exact) mass is 457 g/mol. The lowest BCUT2D eigenvalue weighted by Gasteiger charge is -2.14. The molecule has 9 nitrogen and oxygen atoms in total. The highest BCUT2D eigenvalue weighted by Gasteiger charge is 2.30. The summed E-state index contributed by atoms with van der Waals surface area (Å²) in [5, 5.41) is 7.46. The van der Waals surface area contributed by atoms with Gasteiger partial charge in [0.05, 0.1) is 44.2 Å². The molecule has 3 aromatic rings. The Morgan fingerprint density at radius 2 is 1.78 bits per heavy atom. The number of anilines is 3. The van der Waals surface area contributed by atoms with Gasteiger partial charge < -0.3 is 29.6 Å². The van der Waals surface area contributed by atoms with E-state index in [0.717, 1.165) is 39.9 Å². The van der Waals surface area contributed by atoms with Gasteiger partial charge in [-0.05, 0) is 18.9 Å². The zero-order valence-corrected chi connectivity index (χ0v) is 19.4. The predicted molar refractivity (Wildman–Crippen MR) is 125 cm³/mol. The Hall–Kier alpha value is -3.11. The number of ether oxygens (including phenoxy) is 4. The molecular formula is C22H27N5O4S. The third kappa shape index (κ3) is 4.86. The summed E-state index contributed by atoms with van der Waals surface area (Å²) in [6, 6.07) is 5.55. The fourth-order valence-electron chi connectivity index (χ4n) is 3.31. The maximum atomic E-state index is 5.43. The predicted octanol–water partition coefficient (Wildman–Crippen LogP) is 4.31. The largest absolute Gasteiger partial charge is 0.493 e. The van der Waals surface area contributed by atoms with Gasteiger partial charge in [-0.2, -0.15) is 0 Å². The van der Waals surface area contributed by atoms with Crippen LogP contribution in [0.2, 0.25) is 0 Å². The van der Waals surface area contributed by atoms with E-state index >= 15 is 0 Å². The van der Waals surface area contributed by atoms with E-state index in [2.05, 4.69) is 15.6 Å². The average molecular weight is 458 g/mol. The molecule has 0 amide bonds. The standard InChI is InChI=1S/C22H27N5O4S/c1-28-10-9-24-22-27-18(13-5-6-13)20(32-22)15-7-8-23-21(26-15)25-14-11-16(29-2)19(31-4)17(12-14)30-3/h7-8,11-13H,5-6,9-10H2,1-4H3,(H,24,27)(H,23,25,26). The van der Waals surface area contributed by atoms with Crippen LogP contribution >= 0.6 is 11.3 Å². The molecule has 1 aromatic carbocycles. The van der Waals surface area contributed by atoms with E-state index in [1.807, 2.05) is 18.2 Å². The molecule has 1 aliphatic carbocycles. The van der Waals surface area contributed by atoms with Crippen molar-refractivity contribution in [1.29, 1.82) is 0 Å². The molecule has 0 bridgehead atoms. The SMILES string of the molecule is COCCNc1nc(C2CC2)c(-c2ccnc(Nc3cc(OC)c(OC)c(OC)c3)n2)s1. The second-order valence-corrected chi connectivity index (χ2v) is 8.23. The van der Waals surface area contributed by atoms with Crippen LogP contribution in [0.3, 0.4) is 0 Å². The molecule has 4 rings (SSSR count). The summed E-state index contributed by atoms with van der Waals surface area (Å²) in [4.78, 5) is 15.0. The molecule has 1 saturated carbocycles. The van der Waals surface area contributed by atoms with Crippen molar-refractivity contribution in [2.75, 3.05) is 52.2 Å². The summed E-state index contributed by atoms with van der Waals surface area (Å²) in [5.74, 6) is 2.61. The van der Waals surface area contributed by atoms with Gasteiger partial charge in [-0.3, -0.25) is 0 Å². The van der Waals surface area contributed by atoms with Crippen molar-refractivity contribution >= 4 is 28.1 Å². The number of nitrogens with zero attached hydrogens (tertiary/aromatic N) is 3. The average Bonchev–Trinajstić information content (AvgIpc) is 3.58. The lowest BCUT2D eigenvalue weighted by molar-refractivity contribution is 0.211. The summed E-state index contributed by atoms with van der Waals surface area (Å²) < 4.78 is 21.4. The topological polar surface area (TPSA) is 99.7 Å². The van der Waals surface area contributed by atoms with Crippen molar-refractivity contribution in [3.8, 4) is 27.8 Å². The Labute approximate surface area is 191 Å². The van der Waals surface area contributed by atoms with Crippen LogP contribution in [0.15, 0.2) is 24.4 Å². The minimum Gasteiger partial charge on any atom is -0.493 e. The Morgan fingerprint density at radius 1 is 1.03 bits per heavy atom. The van der Waals surface area contributed by atoms with Crippen LogP contribution in [0.4, 0.5) is 16.8 Å². The molecular weight excluding hydrogens is 430 g/mol. The van der Waals surface area contributed by atoms with Gasteiger partial charge in [0.1, 0.15) is 0 Å². The summed E-state index contributed by atoms with van der Waals surface area (Å²) >= 11 is 1.61. The van der Waals surface area contributed by atoms with Crippen molar-refractivity contribution in [3.63, 3.8) is 0 Å². The quantitative estimate of drug-likeness (QED) is 0.408. The lowest BCUT2D eigenvalue weighted by Crippen LogP contribution is -2.07. The molecule has 1 aliphatic rings. The number of methoxy groups -OCH3 is 4. The molecule has 0 radical (unpaired) electrons. The molecule has 0 spiro atoms. The maximum Gasteiger partial charge on any atom is 0.227 e. The van der Waals surface area contributed by atoms with Gasteiger partial charge in [-0.25, -0.2) is 15.0 Å². The molecule has 0 saturated heterocycles. The van der Waals surface area contributed by atoms with Crippen LogP contribution in [0.5, 0.6) is 17.2 Å². The molecule has 0 aliphatic heterocycles. The van der Waals surface area contributed by atoms with Gasteiger partial charge >= 0.3 is 0 Å². The normalized spacial score (nSPS) is 13.0. The molecule has 0 atom stereocenters. The van der Waals surface area contributed by atoms with Crippen molar-refractivity contribution in [3.05, 3.63) is 30.1 Å². The van der Waals surface area contributed by atoms with Crippen molar-refractivity contribution in [2.45, 2.75) is 18.8 Å². The number of hydrogen-bond donors (Lipinski definition) is 2. The molecule has 2 aromatic heterocycles. The number of nitrogens with one attached hydrogen (secondary N) is 2. The summed E-state index contributed by atoms with van der Waals surface area (Å²) in [5.41, 5.74) is 2.67. The van der Waals surface area contributed by atoms with E-state index in [-0.39, 0.29) is 0 Å². The van der Waals surface area contributed by atoms with Crippen LogP contribution in [-0.2, 0) is 4.74 Å². The highest BCUT2D eigenvalue weighted by molar-refractivity contribution is 7.19. The van der Waals surface area contributed by atoms with Gasteiger partial charge in [-0.1, -0.05) is 11.3 Å². The molecule has 170 valence electrons. The fraction of sp³-hybridized carbons (Fsp3) is 0.409. The summed E-state index contributed by atoms with van der Waals surface area (Å²) in [6.45, 7) is 1.34. The Bertz CT molecular complexity index is 1050. The van der Waals surface area contributed by atoms with Crippen LogP contribution in [0, 0.1) is 0 Å². The molecule has 2 N–H and O–H groups in total.